The quantitative estimate of drug-likeness (QED) is 0.774. The van der Waals surface area contributed by atoms with Gasteiger partial charge in [-0.25, -0.2) is 4.98 Å². The molecule has 0 aliphatic heterocycles. The van der Waals surface area contributed by atoms with Crippen molar-refractivity contribution in [2.45, 2.75) is 37.9 Å². The summed E-state index contributed by atoms with van der Waals surface area (Å²) < 4.78 is 12.3. The van der Waals surface area contributed by atoms with Crippen molar-refractivity contribution < 1.29 is 9.00 Å². The highest BCUT2D eigenvalue weighted by Gasteiger charge is 2.58. The first-order chi connectivity index (χ1) is 10.5. The maximum Gasteiger partial charge on any atom is 0.151 e. The molecule has 22 heavy (non-hydrogen) atoms. The van der Waals surface area contributed by atoms with Gasteiger partial charge in [0.2, 0.25) is 0 Å². The van der Waals surface area contributed by atoms with E-state index < -0.39 is 10.8 Å². The summed E-state index contributed by atoms with van der Waals surface area (Å²) in [5.74, 6) is 3.16. The Bertz CT molecular complexity index is 611. The lowest BCUT2D eigenvalue weighted by Gasteiger charge is -2.36. The van der Waals surface area contributed by atoms with Gasteiger partial charge in [-0.3, -0.25) is 9.00 Å². The molecule has 0 spiro atoms. The van der Waals surface area contributed by atoms with Crippen LogP contribution in [0.25, 0.3) is 0 Å². The summed E-state index contributed by atoms with van der Waals surface area (Å²) in [6.07, 6.45) is 7.49. The van der Waals surface area contributed by atoms with Crippen LogP contribution in [0.2, 0.25) is 5.15 Å². The van der Waals surface area contributed by atoms with E-state index in [1.54, 1.807) is 12.3 Å². The van der Waals surface area contributed by atoms with Gasteiger partial charge in [0, 0.05) is 22.4 Å². The molecule has 4 aliphatic rings. The van der Waals surface area contributed by atoms with Crippen LogP contribution < -0.4 is 0 Å². The fourth-order valence-corrected chi connectivity index (χ4v) is 6.54. The zero-order chi connectivity index (χ0) is 15.3. The standard InChI is InChI=1S/C17H20ClNO2S/c18-16-2-1-11(8-19-16)9-22(21)10-15(20)17-5-12-3-13(6-17)14(4-12)7-17/h1-2,8,12-14H,3-7,9-10H2. The minimum absolute atomic E-state index is 0.121. The van der Waals surface area contributed by atoms with Crippen molar-refractivity contribution in [2.75, 3.05) is 5.75 Å². The Morgan fingerprint density at radius 2 is 2.00 bits per heavy atom. The molecule has 118 valence electrons. The zero-order valence-electron chi connectivity index (χ0n) is 12.5. The van der Waals surface area contributed by atoms with E-state index in [2.05, 4.69) is 4.98 Å². The predicted octanol–water partition coefficient (Wildman–Crippen LogP) is 3.38. The van der Waals surface area contributed by atoms with E-state index in [9.17, 15) is 9.00 Å². The average molecular weight is 338 g/mol. The number of Topliss-reactive ketones (excluding diaryl/α,β-unsaturated/α-hetero) is 1. The van der Waals surface area contributed by atoms with Crippen molar-refractivity contribution >= 4 is 28.2 Å². The Morgan fingerprint density at radius 3 is 2.59 bits per heavy atom. The van der Waals surface area contributed by atoms with Crippen molar-refractivity contribution in [1.29, 1.82) is 0 Å². The zero-order valence-corrected chi connectivity index (χ0v) is 14.0. The van der Waals surface area contributed by atoms with Gasteiger partial charge in [0.1, 0.15) is 5.15 Å². The second-order valence-corrected chi connectivity index (χ2v) is 9.24. The van der Waals surface area contributed by atoms with Crippen LogP contribution in [-0.2, 0) is 21.3 Å². The first kappa shape index (κ1) is 14.8. The topological polar surface area (TPSA) is 47.0 Å². The fraction of sp³-hybridized carbons (Fsp3) is 0.647. The molecule has 0 aromatic carbocycles. The van der Waals surface area contributed by atoms with E-state index in [-0.39, 0.29) is 17.0 Å². The first-order valence-electron chi connectivity index (χ1n) is 8.03. The molecule has 0 amide bonds. The Labute approximate surface area is 138 Å². The summed E-state index contributed by atoms with van der Waals surface area (Å²) in [5, 5.41) is 0.433. The monoisotopic (exact) mass is 337 g/mol. The number of carbonyl (C=O) groups excluding carboxylic acids is 1. The first-order valence-corrected chi connectivity index (χ1v) is 9.89. The number of hydrogen-bond acceptors (Lipinski definition) is 3. The summed E-state index contributed by atoms with van der Waals surface area (Å²) in [7, 11) is -1.15. The van der Waals surface area contributed by atoms with Gasteiger partial charge in [-0.2, -0.15) is 0 Å². The lowest BCUT2D eigenvalue weighted by molar-refractivity contribution is -0.128. The number of nitrogens with zero attached hydrogens (tertiary/aromatic N) is 1. The largest absolute Gasteiger partial charge is 0.298 e. The molecule has 3 unspecified atom stereocenters. The molecular weight excluding hydrogens is 318 g/mol. The molecule has 0 saturated heterocycles. The number of carbonyl (C=O) groups is 1. The minimum Gasteiger partial charge on any atom is -0.298 e. The Hall–Kier alpha value is -0.740. The van der Waals surface area contributed by atoms with Crippen molar-refractivity contribution in [3.05, 3.63) is 29.0 Å². The van der Waals surface area contributed by atoms with E-state index >= 15 is 0 Å². The number of hydrogen-bond donors (Lipinski definition) is 0. The van der Waals surface area contributed by atoms with Crippen molar-refractivity contribution in [3.8, 4) is 0 Å². The van der Waals surface area contributed by atoms with Gasteiger partial charge in [-0.05, 0) is 61.5 Å². The SMILES string of the molecule is O=C(CS(=O)Cc1ccc(Cl)nc1)C12CC3CC(C1)C(C3)C2. The van der Waals surface area contributed by atoms with Crippen molar-refractivity contribution in [1.82, 2.24) is 4.98 Å². The maximum absolute atomic E-state index is 12.8. The minimum atomic E-state index is -1.15. The van der Waals surface area contributed by atoms with Gasteiger partial charge in [0.05, 0.1) is 11.5 Å². The maximum atomic E-state index is 12.8. The van der Waals surface area contributed by atoms with Crippen LogP contribution in [0.1, 0.15) is 37.7 Å². The molecule has 1 aromatic rings. The second-order valence-electron chi connectivity index (χ2n) is 7.39. The smallest absolute Gasteiger partial charge is 0.151 e. The third kappa shape index (κ3) is 2.54. The summed E-state index contributed by atoms with van der Waals surface area (Å²) >= 11 is 5.75. The van der Waals surface area contributed by atoms with Crippen LogP contribution in [-0.4, -0.2) is 20.7 Å². The van der Waals surface area contributed by atoms with E-state index in [1.165, 1.54) is 12.8 Å². The highest BCUT2D eigenvalue weighted by atomic mass is 35.5. The number of aromatic nitrogens is 1. The van der Waals surface area contributed by atoms with E-state index in [0.29, 0.717) is 10.9 Å². The summed E-state index contributed by atoms with van der Waals surface area (Å²) in [5.41, 5.74) is 0.758. The van der Waals surface area contributed by atoms with Gasteiger partial charge >= 0.3 is 0 Å². The Kier molecular flexibility index (Phi) is 3.65. The highest BCUT2D eigenvalue weighted by Crippen LogP contribution is 2.64. The lowest BCUT2D eigenvalue weighted by atomic mass is 9.67. The normalized spacial score (nSPS) is 36.7. The van der Waals surface area contributed by atoms with Gasteiger partial charge in [-0.15, -0.1) is 0 Å². The van der Waals surface area contributed by atoms with Crippen LogP contribution in [0.3, 0.4) is 0 Å². The van der Waals surface area contributed by atoms with Gasteiger partial charge < -0.3 is 0 Å². The molecule has 4 aliphatic carbocycles. The number of rotatable bonds is 5. The molecule has 0 radical (unpaired) electrons. The molecule has 4 bridgehead atoms. The second kappa shape index (κ2) is 5.41. The molecule has 3 atom stereocenters. The molecule has 4 fully saturated rings. The Balaban J connectivity index is 1.40. The summed E-state index contributed by atoms with van der Waals surface area (Å²) in [4.78, 5) is 16.8. The van der Waals surface area contributed by atoms with E-state index in [0.717, 1.165) is 42.6 Å². The van der Waals surface area contributed by atoms with Crippen LogP contribution in [0.5, 0.6) is 0 Å². The van der Waals surface area contributed by atoms with E-state index in [1.807, 2.05) is 6.07 Å². The van der Waals surface area contributed by atoms with Crippen LogP contribution in [0.4, 0.5) is 0 Å². The molecule has 1 aromatic heterocycles. The number of pyridine rings is 1. The molecule has 4 saturated carbocycles. The van der Waals surface area contributed by atoms with Crippen LogP contribution >= 0.6 is 11.6 Å². The van der Waals surface area contributed by atoms with E-state index in [4.69, 9.17) is 11.6 Å². The number of halogens is 1. The van der Waals surface area contributed by atoms with Gasteiger partial charge in [0.25, 0.3) is 0 Å². The van der Waals surface area contributed by atoms with Crippen molar-refractivity contribution in [3.63, 3.8) is 0 Å². The third-order valence-electron chi connectivity index (χ3n) is 5.92. The van der Waals surface area contributed by atoms with Gasteiger partial charge in [-0.1, -0.05) is 17.7 Å². The highest BCUT2D eigenvalue weighted by molar-refractivity contribution is 7.84. The molecule has 0 N–H and O–H groups in total. The third-order valence-corrected chi connectivity index (χ3v) is 7.39. The van der Waals surface area contributed by atoms with Crippen LogP contribution in [0.15, 0.2) is 18.3 Å². The molecule has 5 rings (SSSR count). The molecular formula is C17H20ClNO2S. The predicted molar refractivity (Wildman–Crippen MR) is 87.0 cm³/mol. The summed E-state index contributed by atoms with van der Waals surface area (Å²) in [6, 6.07) is 3.53. The fourth-order valence-electron chi connectivity index (χ4n) is 5.18. The number of ketones is 1. The van der Waals surface area contributed by atoms with Crippen molar-refractivity contribution in [2.24, 2.45) is 23.2 Å². The Morgan fingerprint density at radius 1 is 1.27 bits per heavy atom. The molecule has 3 nitrogen and oxygen atoms in total. The van der Waals surface area contributed by atoms with Crippen LogP contribution in [0, 0.1) is 23.2 Å². The lowest BCUT2D eigenvalue weighted by Crippen LogP contribution is -2.38. The summed E-state index contributed by atoms with van der Waals surface area (Å²) in [6.45, 7) is 0. The van der Waals surface area contributed by atoms with Gasteiger partial charge in [0.15, 0.2) is 5.78 Å². The average Bonchev–Trinajstić information content (AvgIpc) is 2.89. The molecule has 5 heteroatoms. The molecule has 1 heterocycles.